The number of phenolic OH excluding ortho intramolecular Hbond substituents is 1. The summed E-state index contributed by atoms with van der Waals surface area (Å²) in [6.07, 6.45) is 0. The van der Waals surface area contributed by atoms with Crippen LogP contribution in [0.2, 0.25) is 0 Å². The van der Waals surface area contributed by atoms with Crippen molar-refractivity contribution in [3.63, 3.8) is 0 Å². The molecule has 18 heavy (non-hydrogen) atoms. The average molecular weight is 239 g/mol. The third kappa shape index (κ3) is 1.76. The molecule has 0 saturated heterocycles. The van der Waals surface area contributed by atoms with Crippen LogP contribution in [-0.2, 0) is 0 Å². The van der Waals surface area contributed by atoms with Crippen molar-refractivity contribution in [2.45, 2.75) is 0 Å². The molecule has 0 atom stereocenters. The fourth-order valence-corrected chi connectivity index (χ4v) is 1.92. The predicted octanol–water partition coefficient (Wildman–Crippen LogP) is 2.81. The van der Waals surface area contributed by atoms with Crippen LogP contribution in [0.4, 0.5) is 0 Å². The summed E-state index contributed by atoms with van der Waals surface area (Å²) in [4.78, 5) is 9.96. The lowest BCUT2D eigenvalue weighted by Crippen LogP contribution is -2.02. The summed E-state index contributed by atoms with van der Waals surface area (Å²) >= 11 is 0. The molecule has 2 aromatic carbocycles. The number of hydrogen-bond donors (Lipinski definition) is 1. The van der Waals surface area contributed by atoms with Crippen molar-refractivity contribution in [3.05, 3.63) is 60.0 Å². The van der Waals surface area contributed by atoms with Gasteiger partial charge in [0.1, 0.15) is 22.5 Å². The first-order valence-corrected chi connectivity index (χ1v) is 5.58. The zero-order valence-electron chi connectivity index (χ0n) is 9.50. The summed E-state index contributed by atoms with van der Waals surface area (Å²) in [6, 6.07) is 15.5. The highest BCUT2D eigenvalue weighted by atomic mass is 16.3. The van der Waals surface area contributed by atoms with Gasteiger partial charge >= 0.3 is 5.43 Å². The maximum absolute atomic E-state index is 9.96. The van der Waals surface area contributed by atoms with E-state index in [4.69, 9.17) is 4.42 Å². The maximum atomic E-state index is 9.96. The lowest BCUT2D eigenvalue weighted by Gasteiger charge is -2.01. The third-order valence-corrected chi connectivity index (χ3v) is 2.78. The zero-order chi connectivity index (χ0) is 12.5. The van der Waals surface area contributed by atoms with Crippen molar-refractivity contribution in [1.82, 2.24) is 0 Å². The second kappa shape index (κ2) is 4.04. The molecule has 0 aliphatic carbocycles. The van der Waals surface area contributed by atoms with Crippen molar-refractivity contribution in [2.24, 2.45) is 0 Å². The van der Waals surface area contributed by atoms with Gasteiger partial charge in [-0.1, -0.05) is 24.3 Å². The van der Waals surface area contributed by atoms with E-state index in [9.17, 15) is 9.90 Å². The molecule has 0 spiro atoms. The molecule has 0 radical (unpaired) electrons. The zero-order valence-corrected chi connectivity index (χ0v) is 9.50. The topological polar surface area (TPSA) is 54.8 Å². The second-order valence-electron chi connectivity index (χ2n) is 4.04. The number of hydrogen-bond acceptors (Lipinski definition) is 2. The fourth-order valence-electron chi connectivity index (χ4n) is 1.92. The Hall–Kier alpha value is -2.55. The monoisotopic (exact) mass is 239 g/mol. The van der Waals surface area contributed by atoms with E-state index in [1.54, 1.807) is 36.4 Å². The largest absolute Gasteiger partial charge is 0.508 e. The van der Waals surface area contributed by atoms with Gasteiger partial charge in [-0.15, -0.1) is 0 Å². The molecule has 1 aromatic heterocycles. The van der Waals surface area contributed by atoms with E-state index in [-0.39, 0.29) is 11.2 Å². The van der Waals surface area contributed by atoms with Gasteiger partial charge in [0.25, 0.3) is 0 Å². The van der Waals surface area contributed by atoms with Crippen molar-refractivity contribution in [1.29, 1.82) is 0 Å². The molecule has 3 aromatic rings. The van der Waals surface area contributed by atoms with Gasteiger partial charge in [0.2, 0.25) is 0 Å². The Morgan fingerprint density at radius 3 is 2.61 bits per heavy atom. The van der Waals surface area contributed by atoms with E-state index in [1.165, 1.54) is 0 Å². The molecule has 2 N–H and O–H groups in total. The second-order valence-corrected chi connectivity index (χ2v) is 4.04. The van der Waals surface area contributed by atoms with Gasteiger partial charge in [0.15, 0.2) is 0 Å². The quantitative estimate of drug-likeness (QED) is 0.664. The van der Waals surface area contributed by atoms with Crippen LogP contribution in [0.1, 0.15) is 0 Å². The van der Waals surface area contributed by atoms with Gasteiger partial charge in [0.05, 0.1) is 6.07 Å². The van der Waals surface area contributed by atoms with Gasteiger partial charge in [-0.25, -0.2) is 0 Å². The van der Waals surface area contributed by atoms with Crippen LogP contribution in [0, 0.1) is 0 Å². The van der Waals surface area contributed by atoms with Crippen LogP contribution in [0.15, 0.2) is 59.0 Å². The highest BCUT2D eigenvalue weighted by Crippen LogP contribution is 2.24. The third-order valence-electron chi connectivity index (χ3n) is 2.78. The van der Waals surface area contributed by atoms with Crippen molar-refractivity contribution < 1.29 is 14.3 Å². The summed E-state index contributed by atoms with van der Waals surface area (Å²) in [7, 11) is 0. The lowest BCUT2D eigenvalue weighted by molar-refractivity contribution is 0.475. The van der Waals surface area contributed by atoms with E-state index in [2.05, 4.69) is 0 Å². The van der Waals surface area contributed by atoms with Crippen molar-refractivity contribution >= 4 is 11.0 Å². The van der Waals surface area contributed by atoms with Crippen molar-refractivity contribution in [2.75, 3.05) is 0 Å². The molecule has 3 heteroatoms. The van der Waals surface area contributed by atoms with Crippen LogP contribution >= 0.6 is 0 Å². The van der Waals surface area contributed by atoms with Gasteiger partial charge < -0.3 is 9.52 Å². The summed E-state index contributed by atoms with van der Waals surface area (Å²) in [5.41, 5.74) is 1.49. The number of phenols is 1. The number of aromatic hydroxyl groups is 1. The Labute approximate surface area is 103 Å². The van der Waals surface area contributed by atoms with Gasteiger partial charge in [-0.3, -0.25) is 4.79 Å². The maximum Gasteiger partial charge on any atom is 0.354 e. The van der Waals surface area contributed by atoms with Gasteiger partial charge in [-0.2, -0.15) is 0 Å². The van der Waals surface area contributed by atoms with E-state index in [0.717, 1.165) is 5.56 Å². The summed E-state index contributed by atoms with van der Waals surface area (Å²) < 4.78 is 5.71. The van der Waals surface area contributed by atoms with E-state index < -0.39 is 0 Å². The molecular weight excluding hydrogens is 228 g/mol. The molecule has 3 rings (SSSR count). The number of rotatable bonds is 1. The Morgan fingerprint density at radius 1 is 0.944 bits per heavy atom. The van der Waals surface area contributed by atoms with Crippen LogP contribution in [0.3, 0.4) is 0 Å². The summed E-state index contributed by atoms with van der Waals surface area (Å²) in [5, 5.41) is 10.1. The molecule has 0 aliphatic rings. The first-order chi connectivity index (χ1) is 8.74. The molecule has 0 bridgehead atoms. The Morgan fingerprint density at radius 2 is 1.78 bits per heavy atom. The first kappa shape index (κ1) is 10.6. The summed E-state index contributed by atoms with van der Waals surface area (Å²) in [6.45, 7) is 0. The minimum atomic E-state index is 0.162. The Kier molecular flexibility index (Phi) is 2.38. The fraction of sp³-hybridized carbons (Fsp3) is 0. The van der Waals surface area contributed by atoms with Gasteiger partial charge in [0, 0.05) is 5.56 Å². The van der Waals surface area contributed by atoms with Crippen LogP contribution in [0.25, 0.3) is 22.3 Å². The van der Waals surface area contributed by atoms with Crippen LogP contribution in [0.5, 0.6) is 5.75 Å². The first-order valence-electron chi connectivity index (χ1n) is 5.58. The number of para-hydroxylation sites is 1. The number of benzene rings is 2. The molecule has 0 amide bonds. The smallest absolute Gasteiger partial charge is 0.354 e. The molecule has 88 valence electrons. The minimum absolute atomic E-state index is 0.162. The van der Waals surface area contributed by atoms with Gasteiger partial charge in [-0.05, 0) is 24.3 Å². The van der Waals surface area contributed by atoms with Crippen molar-refractivity contribution in [3.8, 4) is 17.1 Å². The predicted molar refractivity (Wildman–Crippen MR) is 68.4 cm³/mol. The molecule has 1 heterocycles. The number of fused-ring (bicyclic) bond motifs is 1. The molecule has 0 aliphatic heterocycles. The average Bonchev–Trinajstić information content (AvgIpc) is 2.39. The highest BCUT2D eigenvalue weighted by Gasteiger charge is 2.09. The SMILES string of the molecule is Oc1cccc(-c2cc(=[OH+])c3ccccc3o2)c1. The molecule has 0 unspecified atom stereocenters. The van der Waals surface area contributed by atoms with Crippen LogP contribution in [-0.4, -0.2) is 9.90 Å². The van der Waals surface area contributed by atoms with E-state index >= 15 is 0 Å². The molecule has 3 nitrogen and oxygen atoms in total. The normalized spacial score (nSPS) is 10.7. The Balaban J connectivity index is 2.28. The molecule has 0 saturated carbocycles. The summed E-state index contributed by atoms with van der Waals surface area (Å²) in [5.74, 6) is 0.678. The molecule has 0 fully saturated rings. The molecular formula is C15H11O3+. The van der Waals surface area contributed by atoms with Crippen LogP contribution < -0.4 is 5.43 Å². The Bertz CT molecular complexity index is 772. The van der Waals surface area contributed by atoms with E-state index in [0.29, 0.717) is 16.7 Å². The van der Waals surface area contributed by atoms with E-state index in [1.807, 2.05) is 18.2 Å². The minimum Gasteiger partial charge on any atom is -0.508 e. The standard InChI is InChI=1S/C15H10O3/c16-11-5-3-4-10(8-11)15-9-13(17)12-6-1-2-7-14(12)18-15/h1-9,16H/p+1. The lowest BCUT2D eigenvalue weighted by atomic mass is 10.1. The highest BCUT2D eigenvalue weighted by molar-refractivity contribution is 5.78.